The second-order valence-electron chi connectivity index (χ2n) is 5.20. The Balaban J connectivity index is 1.98. The normalized spacial score (nSPS) is 23.1. The van der Waals surface area contributed by atoms with Gasteiger partial charge in [-0.25, -0.2) is 0 Å². The third kappa shape index (κ3) is 3.66. The van der Waals surface area contributed by atoms with E-state index in [1.807, 2.05) is 14.1 Å². The van der Waals surface area contributed by atoms with Crippen LogP contribution in [0.5, 0.6) is 0 Å². The van der Waals surface area contributed by atoms with Crippen LogP contribution in [0.3, 0.4) is 0 Å². The molecule has 1 saturated carbocycles. The highest BCUT2D eigenvalue weighted by atomic mass is 16.3. The number of anilines is 3. The molecule has 2 atom stereocenters. The minimum atomic E-state index is -0.228. The van der Waals surface area contributed by atoms with E-state index < -0.39 is 0 Å². The number of nitrogens with two attached hydrogens (primary N) is 1. The van der Waals surface area contributed by atoms with Crippen molar-refractivity contribution >= 4 is 17.8 Å². The molecule has 1 heterocycles. The number of aromatic nitrogens is 3. The molecule has 1 aliphatic carbocycles. The zero-order valence-electron chi connectivity index (χ0n) is 11.5. The van der Waals surface area contributed by atoms with Crippen LogP contribution in [0.2, 0.25) is 0 Å². The van der Waals surface area contributed by atoms with Crippen LogP contribution < -0.4 is 16.0 Å². The van der Waals surface area contributed by atoms with Gasteiger partial charge < -0.3 is 21.1 Å². The highest BCUT2D eigenvalue weighted by Gasteiger charge is 2.23. The lowest BCUT2D eigenvalue weighted by Crippen LogP contribution is -2.30. The second kappa shape index (κ2) is 6.01. The summed E-state index contributed by atoms with van der Waals surface area (Å²) in [6.45, 7) is 0.664. The molecule has 1 fully saturated rings. The lowest BCUT2D eigenvalue weighted by atomic mass is 9.86. The van der Waals surface area contributed by atoms with Crippen LogP contribution in [0.15, 0.2) is 0 Å². The average Bonchev–Trinajstić information content (AvgIpc) is 2.37. The first kappa shape index (κ1) is 13.8. The van der Waals surface area contributed by atoms with Crippen LogP contribution in [0, 0.1) is 5.92 Å². The zero-order chi connectivity index (χ0) is 13.8. The van der Waals surface area contributed by atoms with Crippen molar-refractivity contribution in [2.45, 2.75) is 31.8 Å². The molecule has 2 rings (SSSR count). The fourth-order valence-electron chi connectivity index (χ4n) is 2.31. The second-order valence-corrected chi connectivity index (χ2v) is 5.20. The van der Waals surface area contributed by atoms with Crippen molar-refractivity contribution in [2.24, 2.45) is 5.92 Å². The van der Waals surface area contributed by atoms with Crippen molar-refractivity contribution in [3.05, 3.63) is 0 Å². The molecule has 0 spiro atoms. The van der Waals surface area contributed by atoms with Crippen molar-refractivity contribution in [3.63, 3.8) is 0 Å². The van der Waals surface area contributed by atoms with Gasteiger partial charge in [0.15, 0.2) is 0 Å². The number of aliphatic hydroxyl groups excluding tert-OH is 1. The number of rotatable bonds is 4. The largest absolute Gasteiger partial charge is 0.393 e. The van der Waals surface area contributed by atoms with E-state index in [4.69, 9.17) is 5.73 Å². The molecule has 1 aliphatic rings. The Bertz CT molecular complexity index is 425. The van der Waals surface area contributed by atoms with Gasteiger partial charge >= 0.3 is 0 Å². The molecule has 1 aromatic heterocycles. The lowest BCUT2D eigenvalue weighted by molar-refractivity contribution is 0.0762. The van der Waals surface area contributed by atoms with E-state index in [-0.39, 0.29) is 18.0 Å². The first-order valence-corrected chi connectivity index (χ1v) is 6.67. The Kier molecular flexibility index (Phi) is 4.36. The van der Waals surface area contributed by atoms with Crippen LogP contribution >= 0.6 is 0 Å². The molecule has 0 bridgehead atoms. The number of aliphatic hydroxyl groups is 1. The van der Waals surface area contributed by atoms with E-state index in [1.54, 1.807) is 4.90 Å². The maximum absolute atomic E-state index is 9.92. The van der Waals surface area contributed by atoms with E-state index in [0.29, 0.717) is 18.4 Å². The highest BCUT2D eigenvalue weighted by molar-refractivity contribution is 5.40. The highest BCUT2D eigenvalue weighted by Crippen LogP contribution is 2.24. The summed E-state index contributed by atoms with van der Waals surface area (Å²) >= 11 is 0. The summed E-state index contributed by atoms with van der Waals surface area (Å²) in [6, 6.07) is 0. The van der Waals surface area contributed by atoms with Crippen LogP contribution in [-0.2, 0) is 0 Å². The summed E-state index contributed by atoms with van der Waals surface area (Å²) in [5.41, 5.74) is 5.65. The summed E-state index contributed by atoms with van der Waals surface area (Å²) in [6.07, 6.45) is 3.98. The molecule has 106 valence electrons. The number of nitrogens with zero attached hydrogens (tertiary/aromatic N) is 4. The number of nitrogen functional groups attached to an aromatic ring is 1. The molecule has 2 unspecified atom stereocenters. The molecule has 0 aromatic carbocycles. The summed E-state index contributed by atoms with van der Waals surface area (Å²) in [5, 5.41) is 13.1. The van der Waals surface area contributed by atoms with Gasteiger partial charge in [0, 0.05) is 26.6 Å². The predicted octanol–water partition coefficient (Wildman–Crippen LogP) is 0.483. The third-order valence-corrected chi connectivity index (χ3v) is 3.43. The van der Waals surface area contributed by atoms with E-state index in [9.17, 15) is 5.11 Å². The van der Waals surface area contributed by atoms with E-state index >= 15 is 0 Å². The van der Waals surface area contributed by atoms with Gasteiger partial charge in [-0.2, -0.15) is 15.0 Å². The average molecular weight is 266 g/mol. The Labute approximate surface area is 113 Å². The topological polar surface area (TPSA) is 100 Å². The zero-order valence-corrected chi connectivity index (χ0v) is 11.5. The molecule has 0 radical (unpaired) electrons. The fourth-order valence-corrected chi connectivity index (χ4v) is 2.31. The monoisotopic (exact) mass is 266 g/mol. The van der Waals surface area contributed by atoms with Crippen molar-refractivity contribution in [3.8, 4) is 0 Å². The molecule has 0 amide bonds. The van der Waals surface area contributed by atoms with E-state index in [1.165, 1.54) is 6.42 Å². The van der Waals surface area contributed by atoms with Gasteiger partial charge in [0.25, 0.3) is 0 Å². The van der Waals surface area contributed by atoms with E-state index in [2.05, 4.69) is 20.3 Å². The first-order chi connectivity index (χ1) is 9.06. The maximum atomic E-state index is 9.92. The Morgan fingerprint density at radius 1 is 1.26 bits per heavy atom. The number of nitrogens with one attached hydrogen (secondary N) is 1. The first-order valence-electron chi connectivity index (χ1n) is 6.67. The summed E-state index contributed by atoms with van der Waals surface area (Å²) in [4.78, 5) is 14.1. The smallest absolute Gasteiger partial charge is 0.231 e. The quantitative estimate of drug-likeness (QED) is 0.729. The van der Waals surface area contributed by atoms with Crippen LogP contribution in [0.4, 0.5) is 17.8 Å². The summed E-state index contributed by atoms with van der Waals surface area (Å²) in [7, 11) is 3.70. The SMILES string of the molecule is CN(C)c1nc(N)nc(NCC2CCCCC2O)n1. The third-order valence-electron chi connectivity index (χ3n) is 3.43. The van der Waals surface area contributed by atoms with Gasteiger partial charge in [-0.15, -0.1) is 0 Å². The lowest BCUT2D eigenvalue weighted by Gasteiger charge is -2.27. The Morgan fingerprint density at radius 3 is 2.68 bits per heavy atom. The molecule has 1 aromatic rings. The molecule has 7 heteroatoms. The standard InChI is InChI=1S/C12H22N6O/c1-18(2)12-16-10(13)15-11(17-12)14-7-8-5-3-4-6-9(8)19/h8-9,19H,3-7H2,1-2H3,(H3,13,14,15,16,17). The maximum Gasteiger partial charge on any atom is 0.231 e. The van der Waals surface area contributed by atoms with Crippen LogP contribution in [0.1, 0.15) is 25.7 Å². The molecule has 19 heavy (non-hydrogen) atoms. The van der Waals surface area contributed by atoms with Crippen molar-refractivity contribution in [2.75, 3.05) is 36.6 Å². The summed E-state index contributed by atoms with van der Waals surface area (Å²) < 4.78 is 0. The molecular formula is C12H22N6O. The van der Waals surface area contributed by atoms with Gasteiger partial charge in [0.2, 0.25) is 17.8 Å². The Hall–Kier alpha value is -1.63. The predicted molar refractivity (Wildman–Crippen MR) is 75.0 cm³/mol. The Morgan fingerprint density at radius 2 is 2.00 bits per heavy atom. The minimum Gasteiger partial charge on any atom is -0.393 e. The molecule has 7 nitrogen and oxygen atoms in total. The van der Waals surface area contributed by atoms with Gasteiger partial charge in [-0.3, -0.25) is 0 Å². The minimum absolute atomic E-state index is 0.199. The molecule has 0 saturated heterocycles. The molecule has 0 aliphatic heterocycles. The van der Waals surface area contributed by atoms with Crippen molar-refractivity contribution in [1.82, 2.24) is 15.0 Å². The fraction of sp³-hybridized carbons (Fsp3) is 0.750. The van der Waals surface area contributed by atoms with Crippen LogP contribution in [0.25, 0.3) is 0 Å². The number of hydrogen-bond acceptors (Lipinski definition) is 7. The number of hydrogen-bond donors (Lipinski definition) is 3. The van der Waals surface area contributed by atoms with Crippen LogP contribution in [-0.4, -0.2) is 46.8 Å². The molecule has 4 N–H and O–H groups in total. The van der Waals surface area contributed by atoms with Crippen molar-refractivity contribution < 1.29 is 5.11 Å². The van der Waals surface area contributed by atoms with E-state index in [0.717, 1.165) is 19.3 Å². The van der Waals surface area contributed by atoms with Gasteiger partial charge in [0.1, 0.15) is 0 Å². The van der Waals surface area contributed by atoms with Gasteiger partial charge in [0.05, 0.1) is 6.10 Å². The van der Waals surface area contributed by atoms with Crippen molar-refractivity contribution in [1.29, 1.82) is 0 Å². The van der Waals surface area contributed by atoms with Gasteiger partial charge in [-0.05, 0) is 12.8 Å². The molecular weight excluding hydrogens is 244 g/mol. The summed E-state index contributed by atoms with van der Waals surface area (Å²) in [5.74, 6) is 1.45. The van der Waals surface area contributed by atoms with Gasteiger partial charge in [-0.1, -0.05) is 12.8 Å².